The molecule has 3 heterocycles. The van der Waals surface area contributed by atoms with Crippen LogP contribution in [-0.4, -0.2) is 59.9 Å². The number of carbonyl (C=O) groups is 2. The van der Waals surface area contributed by atoms with Crippen LogP contribution in [0.2, 0.25) is 0 Å². The van der Waals surface area contributed by atoms with E-state index in [4.69, 9.17) is 13.6 Å². The second-order valence-electron chi connectivity index (χ2n) is 7.88. The lowest BCUT2D eigenvalue weighted by molar-refractivity contribution is -0.129. The minimum absolute atomic E-state index is 0.0189. The van der Waals surface area contributed by atoms with Crippen molar-refractivity contribution < 1.29 is 28.3 Å². The number of aliphatic hydroxyl groups excluding tert-OH is 1. The maximum atomic E-state index is 13.5. The van der Waals surface area contributed by atoms with Crippen LogP contribution in [0.1, 0.15) is 42.6 Å². The molecule has 0 fully saturated rings. The van der Waals surface area contributed by atoms with Gasteiger partial charge in [-0.15, -0.1) is 0 Å². The number of para-hydroxylation sites is 1. The number of furan rings is 2. The van der Waals surface area contributed by atoms with Gasteiger partial charge in [-0.3, -0.25) is 9.59 Å². The number of methoxy groups -OCH3 is 1. The minimum atomic E-state index is -0.827. The zero-order chi connectivity index (χ0) is 23.5. The number of Topliss-reactive ketones (excluding diaryl/α,β-unsaturated/α-hetero) is 1. The number of fused-ring (bicyclic) bond motifs is 1. The molecule has 1 aromatic carbocycles. The predicted octanol–water partition coefficient (Wildman–Crippen LogP) is 4.34. The van der Waals surface area contributed by atoms with Gasteiger partial charge in [0.25, 0.3) is 5.91 Å². The Kier molecular flexibility index (Phi) is 6.55. The first-order valence-corrected chi connectivity index (χ1v) is 11.1. The summed E-state index contributed by atoms with van der Waals surface area (Å²) in [6.07, 6.45) is 2.18. The van der Waals surface area contributed by atoms with Gasteiger partial charge in [0, 0.05) is 11.9 Å². The molecule has 0 radical (unpaired) electrons. The van der Waals surface area contributed by atoms with Crippen LogP contribution in [0.15, 0.2) is 62.8 Å². The van der Waals surface area contributed by atoms with Gasteiger partial charge in [0.2, 0.25) is 5.78 Å². The molecule has 33 heavy (non-hydrogen) atoms. The molecule has 0 bridgehead atoms. The van der Waals surface area contributed by atoms with E-state index in [1.165, 1.54) is 18.3 Å². The summed E-state index contributed by atoms with van der Waals surface area (Å²) in [7, 11) is 1.52. The molecule has 1 aliphatic rings. The number of benzene rings is 1. The van der Waals surface area contributed by atoms with Crippen LogP contribution in [0.5, 0.6) is 5.75 Å². The van der Waals surface area contributed by atoms with Crippen LogP contribution in [0.4, 0.5) is 0 Å². The minimum Gasteiger partial charge on any atom is -0.503 e. The summed E-state index contributed by atoms with van der Waals surface area (Å²) in [6, 6.07) is 9.48. The lowest BCUT2D eigenvalue weighted by Crippen LogP contribution is -2.34. The Balaban J connectivity index is 1.67. The van der Waals surface area contributed by atoms with Crippen molar-refractivity contribution in [2.75, 3.05) is 33.3 Å². The SMILES string of the molecule is CCN(CC)CCCN1C(=O)C(O)=C(C(=O)c2cc3cccc(OC)c3o2)[C@H]1c1ccco1. The van der Waals surface area contributed by atoms with Gasteiger partial charge in [-0.05, 0) is 50.3 Å². The molecule has 0 saturated carbocycles. The smallest absolute Gasteiger partial charge is 0.290 e. The molecule has 2 aromatic heterocycles. The Bertz CT molecular complexity index is 1170. The van der Waals surface area contributed by atoms with E-state index in [2.05, 4.69) is 18.7 Å². The normalized spacial score (nSPS) is 16.4. The number of rotatable bonds is 10. The zero-order valence-corrected chi connectivity index (χ0v) is 19.0. The van der Waals surface area contributed by atoms with Gasteiger partial charge in [-0.1, -0.05) is 26.0 Å². The molecule has 3 aromatic rings. The topological polar surface area (TPSA) is 96.4 Å². The van der Waals surface area contributed by atoms with Crippen molar-refractivity contribution in [2.45, 2.75) is 26.3 Å². The van der Waals surface area contributed by atoms with Gasteiger partial charge < -0.3 is 28.5 Å². The third-order valence-electron chi connectivity index (χ3n) is 6.08. The van der Waals surface area contributed by atoms with E-state index in [9.17, 15) is 14.7 Å². The molecular formula is C25H28N2O6. The highest BCUT2D eigenvalue weighted by molar-refractivity contribution is 6.16. The van der Waals surface area contributed by atoms with E-state index in [-0.39, 0.29) is 11.3 Å². The van der Waals surface area contributed by atoms with E-state index in [1.807, 2.05) is 0 Å². The first kappa shape index (κ1) is 22.7. The fourth-order valence-corrected chi connectivity index (χ4v) is 4.31. The summed E-state index contributed by atoms with van der Waals surface area (Å²) in [5.74, 6) is -0.804. The van der Waals surface area contributed by atoms with Crippen LogP contribution >= 0.6 is 0 Å². The van der Waals surface area contributed by atoms with Crippen LogP contribution in [-0.2, 0) is 4.79 Å². The van der Waals surface area contributed by atoms with Gasteiger partial charge in [0.15, 0.2) is 22.9 Å². The molecular weight excluding hydrogens is 424 g/mol. The molecule has 4 rings (SSSR count). The standard InChI is InChI=1S/C25H28N2O6/c1-4-26(5-2)12-8-13-27-21(17-11-7-14-32-17)20(23(29)25(27)30)22(28)19-15-16-9-6-10-18(31-3)24(16)33-19/h6-7,9-11,14-15,21,29H,4-5,8,12-13H2,1-3H3/t21-/m1/s1. The second-order valence-corrected chi connectivity index (χ2v) is 7.88. The number of ketones is 1. The number of carbonyl (C=O) groups excluding carboxylic acids is 2. The lowest BCUT2D eigenvalue weighted by atomic mass is 9.99. The van der Waals surface area contributed by atoms with Crippen LogP contribution in [0, 0.1) is 0 Å². The van der Waals surface area contributed by atoms with E-state index in [1.54, 1.807) is 36.4 Å². The van der Waals surface area contributed by atoms with E-state index >= 15 is 0 Å². The van der Waals surface area contributed by atoms with E-state index in [0.29, 0.717) is 35.4 Å². The van der Waals surface area contributed by atoms with Crippen molar-refractivity contribution in [1.82, 2.24) is 9.80 Å². The van der Waals surface area contributed by atoms with Crippen molar-refractivity contribution in [3.8, 4) is 5.75 Å². The highest BCUT2D eigenvalue weighted by Crippen LogP contribution is 2.40. The predicted molar refractivity (Wildman–Crippen MR) is 122 cm³/mol. The fraction of sp³-hybridized carbons (Fsp3) is 0.360. The highest BCUT2D eigenvalue weighted by Gasteiger charge is 2.45. The molecule has 174 valence electrons. The largest absolute Gasteiger partial charge is 0.503 e. The number of amides is 1. The summed E-state index contributed by atoms with van der Waals surface area (Å²) in [6.45, 7) is 7.17. The van der Waals surface area contributed by atoms with Crippen LogP contribution < -0.4 is 4.74 Å². The summed E-state index contributed by atoms with van der Waals surface area (Å²) < 4.78 is 16.7. The quantitative estimate of drug-likeness (QED) is 0.457. The number of aliphatic hydroxyl groups is 1. The summed E-state index contributed by atoms with van der Waals surface area (Å²) in [5, 5.41) is 11.4. The number of ether oxygens (including phenoxy) is 1. The molecule has 1 atom stereocenters. The van der Waals surface area contributed by atoms with Gasteiger partial charge in [-0.25, -0.2) is 0 Å². The summed E-state index contributed by atoms with van der Waals surface area (Å²) in [4.78, 5) is 30.3. The van der Waals surface area contributed by atoms with Gasteiger partial charge >= 0.3 is 0 Å². The zero-order valence-electron chi connectivity index (χ0n) is 19.0. The molecule has 8 heteroatoms. The Hall–Kier alpha value is -3.52. The molecule has 1 amide bonds. The second kappa shape index (κ2) is 9.54. The average molecular weight is 453 g/mol. The molecule has 0 spiro atoms. The molecule has 0 aliphatic carbocycles. The molecule has 0 saturated heterocycles. The van der Waals surface area contributed by atoms with Gasteiger partial charge in [-0.2, -0.15) is 0 Å². The number of hydrogen-bond donors (Lipinski definition) is 1. The van der Waals surface area contributed by atoms with Crippen LogP contribution in [0.3, 0.4) is 0 Å². The maximum Gasteiger partial charge on any atom is 0.290 e. The number of nitrogens with zero attached hydrogens (tertiary/aromatic N) is 2. The monoisotopic (exact) mass is 452 g/mol. The van der Waals surface area contributed by atoms with Gasteiger partial charge in [0.1, 0.15) is 11.8 Å². The van der Waals surface area contributed by atoms with Crippen molar-refractivity contribution in [2.24, 2.45) is 0 Å². The first-order valence-electron chi connectivity index (χ1n) is 11.1. The third kappa shape index (κ3) is 4.14. The van der Waals surface area contributed by atoms with Gasteiger partial charge in [0.05, 0.1) is 18.9 Å². The van der Waals surface area contributed by atoms with Crippen molar-refractivity contribution in [1.29, 1.82) is 0 Å². The molecule has 0 unspecified atom stereocenters. The third-order valence-corrected chi connectivity index (χ3v) is 6.08. The fourth-order valence-electron chi connectivity index (χ4n) is 4.31. The average Bonchev–Trinajstić information content (AvgIpc) is 3.56. The number of hydrogen-bond acceptors (Lipinski definition) is 7. The van der Waals surface area contributed by atoms with Crippen molar-refractivity contribution >= 4 is 22.7 Å². The first-order chi connectivity index (χ1) is 16.0. The summed E-state index contributed by atoms with van der Waals surface area (Å²) in [5.41, 5.74) is 0.384. The Labute approximate surface area is 192 Å². The molecule has 1 N–H and O–H groups in total. The van der Waals surface area contributed by atoms with Crippen LogP contribution in [0.25, 0.3) is 11.0 Å². The van der Waals surface area contributed by atoms with E-state index < -0.39 is 23.5 Å². The van der Waals surface area contributed by atoms with Crippen molar-refractivity contribution in [3.63, 3.8) is 0 Å². The molecule has 8 nitrogen and oxygen atoms in total. The Morgan fingerprint density at radius 3 is 2.67 bits per heavy atom. The Morgan fingerprint density at radius 2 is 2.00 bits per heavy atom. The highest BCUT2D eigenvalue weighted by atomic mass is 16.5. The van der Waals surface area contributed by atoms with E-state index in [0.717, 1.165) is 19.6 Å². The molecule has 1 aliphatic heterocycles. The van der Waals surface area contributed by atoms with Crippen molar-refractivity contribution in [3.05, 3.63) is 65.5 Å². The maximum absolute atomic E-state index is 13.5. The summed E-state index contributed by atoms with van der Waals surface area (Å²) >= 11 is 0. The Morgan fingerprint density at radius 1 is 1.21 bits per heavy atom. The lowest BCUT2D eigenvalue weighted by Gasteiger charge is -2.26.